The third-order valence-corrected chi connectivity index (χ3v) is 9.03. The number of carbonyl (C=O) groups is 2. The highest BCUT2D eigenvalue weighted by molar-refractivity contribution is 7.98. The standard InChI is InChI=1S/C32H41N3O5S2/c1-7-40-29-16-12-11-15-28(29)35(42(38,39)27-19-17-26(41-6)18-20-27)23-30(36)34(22-21-25-13-9-8-10-14-25)24(2)31(37)33-32(3,4)5/h8-20,24H,7,21-23H2,1-6H3,(H,33,37)/t24-/m1/s1. The summed E-state index contributed by atoms with van der Waals surface area (Å²) in [5.74, 6) is -0.481. The van der Waals surface area contributed by atoms with Gasteiger partial charge < -0.3 is 15.0 Å². The molecule has 3 aromatic carbocycles. The molecule has 42 heavy (non-hydrogen) atoms. The maximum atomic E-state index is 14.1. The van der Waals surface area contributed by atoms with Gasteiger partial charge in [0.05, 0.1) is 17.2 Å². The highest BCUT2D eigenvalue weighted by Crippen LogP contribution is 2.33. The second kappa shape index (κ2) is 14.6. The lowest BCUT2D eigenvalue weighted by Crippen LogP contribution is -2.55. The highest BCUT2D eigenvalue weighted by atomic mass is 32.2. The van der Waals surface area contributed by atoms with Gasteiger partial charge in [-0.2, -0.15) is 0 Å². The molecule has 3 rings (SSSR count). The summed E-state index contributed by atoms with van der Waals surface area (Å²) in [7, 11) is -4.19. The van der Waals surface area contributed by atoms with E-state index in [-0.39, 0.29) is 23.0 Å². The molecule has 0 saturated carbocycles. The molecule has 0 radical (unpaired) electrons. The third-order valence-electron chi connectivity index (χ3n) is 6.51. The molecule has 10 heteroatoms. The van der Waals surface area contributed by atoms with Gasteiger partial charge >= 0.3 is 0 Å². The lowest BCUT2D eigenvalue weighted by Gasteiger charge is -2.33. The molecule has 0 unspecified atom stereocenters. The minimum Gasteiger partial charge on any atom is -0.492 e. The van der Waals surface area contributed by atoms with Crippen LogP contribution in [0.15, 0.2) is 88.7 Å². The Morgan fingerprint density at radius 2 is 1.57 bits per heavy atom. The summed E-state index contributed by atoms with van der Waals surface area (Å²) in [6, 6.07) is 22.1. The molecule has 0 spiro atoms. The van der Waals surface area contributed by atoms with Crippen molar-refractivity contribution in [3.63, 3.8) is 0 Å². The predicted molar refractivity (Wildman–Crippen MR) is 170 cm³/mol. The van der Waals surface area contributed by atoms with Crippen molar-refractivity contribution in [1.29, 1.82) is 0 Å². The van der Waals surface area contributed by atoms with Gasteiger partial charge in [-0.15, -0.1) is 11.8 Å². The summed E-state index contributed by atoms with van der Waals surface area (Å²) in [4.78, 5) is 29.8. The number of hydrogen-bond donors (Lipinski definition) is 1. The molecule has 1 N–H and O–H groups in total. The lowest BCUT2D eigenvalue weighted by molar-refractivity contribution is -0.139. The zero-order valence-electron chi connectivity index (χ0n) is 25.2. The summed E-state index contributed by atoms with van der Waals surface area (Å²) < 4.78 is 35.1. The molecule has 226 valence electrons. The SMILES string of the molecule is CCOc1ccccc1N(CC(=O)N(CCc1ccccc1)[C@H](C)C(=O)NC(C)(C)C)S(=O)(=O)c1ccc(SC)cc1. The molecular weight excluding hydrogens is 571 g/mol. The summed E-state index contributed by atoms with van der Waals surface area (Å²) in [6.07, 6.45) is 2.41. The Bertz CT molecular complexity index is 1440. The number of hydrogen-bond acceptors (Lipinski definition) is 6. The van der Waals surface area contributed by atoms with Gasteiger partial charge in [-0.1, -0.05) is 42.5 Å². The van der Waals surface area contributed by atoms with E-state index in [0.29, 0.717) is 18.8 Å². The topological polar surface area (TPSA) is 96.0 Å². The van der Waals surface area contributed by atoms with Crippen molar-refractivity contribution < 1.29 is 22.7 Å². The number of rotatable bonds is 13. The smallest absolute Gasteiger partial charge is 0.264 e. The number of carbonyl (C=O) groups excluding carboxylic acids is 2. The Balaban J connectivity index is 2.04. The first-order chi connectivity index (χ1) is 19.9. The number of benzene rings is 3. The predicted octanol–water partition coefficient (Wildman–Crippen LogP) is 5.38. The number of para-hydroxylation sites is 2. The second-order valence-electron chi connectivity index (χ2n) is 10.8. The fraction of sp³-hybridized carbons (Fsp3) is 0.375. The first-order valence-corrected chi connectivity index (χ1v) is 16.6. The summed E-state index contributed by atoms with van der Waals surface area (Å²) in [6.45, 7) is 9.11. The van der Waals surface area contributed by atoms with Crippen molar-refractivity contribution in [2.75, 3.05) is 30.3 Å². The van der Waals surface area contributed by atoms with Crippen LogP contribution in [0.2, 0.25) is 0 Å². The van der Waals surface area contributed by atoms with Gasteiger partial charge in [-0.25, -0.2) is 8.42 Å². The van der Waals surface area contributed by atoms with E-state index in [1.165, 1.54) is 28.8 Å². The zero-order valence-corrected chi connectivity index (χ0v) is 26.8. The van der Waals surface area contributed by atoms with Crippen molar-refractivity contribution in [2.24, 2.45) is 0 Å². The van der Waals surface area contributed by atoms with Gasteiger partial charge in [0.25, 0.3) is 10.0 Å². The molecule has 1 atom stereocenters. The second-order valence-corrected chi connectivity index (χ2v) is 13.6. The van der Waals surface area contributed by atoms with E-state index in [2.05, 4.69) is 5.32 Å². The highest BCUT2D eigenvalue weighted by Gasteiger charge is 2.34. The van der Waals surface area contributed by atoms with Crippen molar-refractivity contribution in [1.82, 2.24) is 10.2 Å². The van der Waals surface area contributed by atoms with Crippen LogP contribution in [0.4, 0.5) is 5.69 Å². The van der Waals surface area contributed by atoms with Gasteiger partial charge in [0.1, 0.15) is 18.3 Å². The Morgan fingerprint density at radius 3 is 2.17 bits per heavy atom. The van der Waals surface area contributed by atoms with E-state index in [9.17, 15) is 18.0 Å². The monoisotopic (exact) mass is 611 g/mol. The molecule has 0 saturated heterocycles. The number of ether oxygens (including phenoxy) is 1. The van der Waals surface area contributed by atoms with Crippen molar-refractivity contribution >= 4 is 39.3 Å². The minimum atomic E-state index is -4.19. The van der Waals surface area contributed by atoms with Gasteiger partial charge in [0, 0.05) is 17.0 Å². The fourth-order valence-electron chi connectivity index (χ4n) is 4.37. The Morgan fingerprint density at radius 1 is 0.952 bits per heavy atom. The molecule has 0 aromatic heterocycles. The van der Waals surface area contributed by atoms with Crippen LogP contribution in [-0.2, 0) is 26.0 Å². The van der Waals surface area contributed by atoms with Crippen LogP contribution < -0.4 is 14.4 Å². The van der Waals surface area contributed by atoms with Crippen LogP contribution in [-0.4, -0.2) is 62.7 Å². The van der Waals surface area contributed by atoms with E-state index in [1.807, 2.05) is 64.3 Å². The maximum absolute atomic E-state index is 14.1. The van der Waals surface area contributed by atoms with E-state index in [0.717, 1.165) is 14.8 Å². The molecular formula is C32H41N3O5S2. The van der Waals surface area contributed by atoms with Crippen LogP contribution in [0.3, 0.4) is 0 Å². The number of thioether (sulfide) groups is 1. The molecule has 3 aromatic rings. The Kier molecular flexibility index (Phi) is 11.5. The van der Waals surface area contributed by atoms with Gasteiger partial charge in [0.2, 0.25) is 11.8 Å². The average Bonchev–Trinajstić information content (AvgIpc) is 2.96. The molecule has 0 bridgehead atoms. The van der Waals surface area contributed by atoms with Gasteiger partial charge in [-0.05, 0) is 89.3 Å². The summed E-state index contributed by atoms with van der Waals surface area (Å²) in [5.41, 5.74) is 0.740. The fourth-order valence-corrected chi connectivity index (χ4v) is 6.21. The molecule has 2 amide bonds. The zero-order chi connectivity index (χ0) is 30.9. The van der Waals surface area contributed by atoms with E-state index >= 15 is 0 Å². The number of nitrogens with one attached hydrogen (secondary N) is 1. The van der Waals surface area contributed by atoms with Crippen LogP contribution in [0.1, 0.15) is 40.2 Å². The van der Waals surface area contributed by atoms with E-state index < -0.39 is 34.1 Å². The Labute approximate surface area is 254 Å². The molecule has 0 aliphatic rings. The van der Waals surface area contributed by atoms with E-state index in [1.54, 1.807) is 43.3 Å². The largest absolute Gasteiger partial charge is 0.492 e. The summed E-state index contributed by atoms with van der Waals surface area (Å²) >= 11 is 1.50. The van der Waals surface area contributed by atoms with Crippen LogP contribution in [0.25, 0.3) is 0 Å². The minimum absolute atomic E-state index is 0.0498. The van der Waals surface area contributed by atoms with Gasteiger partial charge in [0.15, 0.2) is 0 Å². The molecule has 0 fully saturated rings. The quantitative estimate of drug-likeness (QED) is 0.261. The number of nitrogens with zero attached hydrogens (tertiary/aromatic N) is 2. The van der Waals surface area contributed by atoms with Crippen molar-refractivity contribution in [2.45, 2.75) is 62.4 Å². The van der Waals surface area contributed by atoms with Crippen molar-refractivity contribution in [3.05, 3.63) is 84.4 Å². The number of sulfonamides is 1. The van der Waals surface area contributed by atoms with Crippen LogP contribution >= 0.6 is 11.8 Å². The third kappa shape index (κ3) is 8.75. The normalized spacial score (nSPS) is 12.3. The first kappa shape index (κ1) is 33.0. The van der Waals surface area contributed by atoms with Crippen molar-refractivity contribution in [3.8, 4) is 5.75 Å². The first-order valence-electron chi connectivity index (χ1n) is 13.9. The Hall–Kier alpha value is -3.50. The average molecular weight is 612 g/mol. The van der Waals surface area contributed by atoms with Crippen LogP contribution in [0.5, 0.6) is 5.75 Å². The number of amides is 2. The molecule has 8 nitrogen and oxygen atoms in total. The molecule has 0 aliphatic carbocycles. The lowest BCUT2D eigenvalue weighted by atomic mass is 10.1. The van der Waals surface area contributed by atoms with Gasteiger partial charge in [-0.3, -0.25) is 13.9 Å². The maximum Gasteiger partial charge on any atom is 0.264 e. The van der Waals surface area contributed by atoms with Crippen LogP contribution in [0, 0.1) is 0 Å². The summed E-state index contributed by atoms with van der Waals surface area (Å²) in [5, 5.41) is 2.94. The molecule has 0 aliphatic heterocycles. The van der Waals surface area contributed by atoms with E-state index in [4.69, 9.17) is 4.74 Å². The number of anilines is 1. The molecule has 0 heterocycles.